The van der Waals surface area contributed by atoms with Gasteiger partial charge >= 0.3 is 0 Å². The molecule has 1 unspecified atom stereocenters. The smallest absolute Gasteiger partial charge is 0.250 e. The quantitative estimate of drug-likeness (QED) is 0.161. The lowest BCUT2D eigenvalue weighted by Crippen LogP contribution is -2.20. The molecule has 0 bridgehead atoms. The number of anilines is 4. The van der Waals surface area contributed by atoms with Crippen LogP contribution in [0.15, 0.2) is 49.2 Å². The summed E-state index contributed by atoms with van der Waals surface area (Å²) >= 11 is 13.4. The summed E-state index contributed by atoms with van der Waals surface area (Å²) in [6.45, 7) is 5.36. The Morgan fingerprint density at radius 3 is 2.49 bits per heavy atom. The predicted octanol–water partition coefficient (Wildman–Crippen LogP) is 7.79. The number of aryl methyl sites for hydroxylation is 1. The Morgan fingerprint density at radius 1 is 1.14 bits per heavy atom. The van der Waals surface area contributed by atoms with Gasteiger partial charge in [0.1, 0.15) is 17.0 Å². The first-order valence-electron chi connectivity index (χ1n) is 13.3. The fraction of sp³-hybridized carbons (Fsp3) is 0.267. The van der Waals surface area contributed by atoms with E-state index in [0.29, 0.717) is 45.0 Å². The molecule has 1 aliphatic carbocycles. The Labute approximate surface area is 256 Å². The first-order valence-corrected chi connectivity index (χ1v) is 14.0. The lowest BCUT2D eigenvalue weighted by atomic mass is 10.1. The van der Waals surface area contributed by atoms with E-state index in [2.05, 4.69) is 27.5 Å². The van der Waals surface area contributed by atoms with Crippen LogP contribution < -0.4 is 25.4 Å². The molecule has 5 rings (SSSR count). The number of halogens is 4. The Hall–Kier alpha value is -4.22. The van der Waals surface area contributed by atoms with Crippen molar-refractivity contribution >= 4 is 63.2 Å². The zero-order valence-electron chi connectivity index (χ0n) is 23.5. The molecule has 1 aliphatic rings. The van der Waals surface area contributed by atoms with Crippen molar-refractivity contribution < 1.29 is 23.0 Å². The van der Waals surface area contributed by atoms with Crippen LogP contribution in [0, 0.1) is 6.92 Å². The van der Waals surface area contributed by atoms with Crippen LogP contribution in [0.4, 0.5) is 31.9 Å². The second kappa shape index (κ2) is 12.2. The number of rotatable bonds is 9. The number of pyridine rings is 1. The standard InChI is InChI=1S/C30H28Cl2F2N6O3/c1-5-22(41)37-18-8-6-7-15(2)26(18)39-29-35-14-16-11-19(23-24(31)20(42-3)12-21(43-4)25(23)32)38-28(27(16)40-29)36-17-9-10-30(33,34)13-17/h5-8,11-12,14,17H,1,9-10,13H2,2-4H3,(H,36,38)(H,37,41)(H,35,39,40). The van der Waals surface area contributed by atoms with Crippen LogP contribution >= 0.6 is 23.2 Å². The third-order valence-electron chi connectivity index (χ3n) is 7.09. The summed E-state index contributed by atoms with van der Waals surface area (Å²) in [5.41, 5.74) is 2.96. The van der Waals surface area contributed by atoms with E-state index >= 15 is 0 Å². The van der Waals surface area contributed by atoms with Gasteiger partial charge < -0.3 is 25.4 Å². The SMILES string of the molecule is C=CC(=O)Nc1cccc(C)c1Nc1ncc2cc(-c3c(Cl)c(OC)cc(OC)c3Cl)nc(NC3CCC(F)(F)C3)c2n1. The Bertz CT molecular complexity index is 1710. The van der Waals surface area contributed by atoms with Crippen LogP contribution in [0.3, 0.4) is 0 Å². The average Bonchev–Trinajstić information content (AvgIpc) is 3.32. The van der Waals surface area contributed by atoms with Crippen molar-refractivity contribution in [1.29, 1.82) is 0 Å². The number of amides is 1. The topological polar surface area (TPSA) is 110 Å². The molecule has 13 heteroatoms. The maximum absolute atomic E-state index is 14.1. The summed E-state index contributed by atoms with van der Waals surface area (Å²) in [6, 6.07) is 8.11. The molecule has 0 aliphatic heterocycles. The third-order valence-corrected chi connectivity index (χ3v) is 7.84. The second-order valence-electron chi connectivity index (χ2n) is 10.0. The molecule has 1 amide bonds. The van der Waals surface area contributed by atoms with Gasteiger partial charge in [0.2, 0.25) is 17.8 Å². The largest absolute Gasteiger partial charge is 0.495 e. The molecule has 224 valence electrons. The number of carbonyl (C=O) groups is 1. The van der Waals surface area contributed by atoms with Crippen molar-refractivity contribution in [3.8, 4) is 22.8 Å². The summed E-state index contributed by atoms with van der Waals surface area (Å²) in [5.74, 6) is -2.08. The van der Waals surface area contributed by atoms with Gasteiger partial charge in [-0.1, -0.05) is 41.9 Å². The lowest BCUT2D eigenvalue weighted by Gasteiger charge is -2.19. The van der Waals surface area contributed by atoms with E-state index in [4.69, 9.17) is 42.6 Å². The minimum Gasteiger partial charge on any atom is -0.495 e. The molecule has 4 aromatic rings. The molecular weight excluding hydrogens is 601 g/mol. The van der Waals surface area contributed by atoms with E-state index in [9.17, 15) is 13.6 Å². The summed E-state index contributed by atoms with van der Waals surface area (Å²) in [6.07, 6.45) is 2.41. The first kappa shape index (κ1) is 30.2. The van der Waals surface area contributed by atoms with Crippen LogP contribution in [0.1, 0.15) is 24.8 Å². The van der Waals surface area contributed by atoms with Crippen molar-refractivity contribution in [3.05, 3.63) is 64.8 Å². The molecule has 1 atom stereocenters. The maximum atomic E-state index is 14.1. The zero-order chi connectivity index (χ0) is 30.9. The highest BCUT2D eigenvalue weighted by Crippen LogP contribution is 2.46. The molecule has 2 aromatic carbocycles. The number of carbonyl (C=O) groups excluding carboxylic acids is 1. The molecule has 1 saturated carbocycles. The van der Waals surface area contributed by atoms with E-state index in [0.717, 1.165) is 5.56 Å². The highest BCUT2D eigenvalue weighted by Gasteiger charge is 2.39. The number of nitrogens with one attached hydrogen (secondary N) is 3. The molecule has 0 spiro atoms. The second-order valence-corrected chi connectivity index (χ2v) is 10.8. The predicted molar refractivity (Wildman–Crippen MR) is 165 cm³/mol. The van der Waals surface area contributed by atoms with Gasteiger partial charge in [0.25, 0.3) is 0 Å². The number of ether oxygens (including phenoxy) is 2. The van der Waals surface area contributed by atoms with E-state index < -0.39 is 12.0 Å². The van der Waals surface area contributed by atoms with Gasteiger partial charge in [-0.25, -0.2) is 23.7 Å². The molecule has 2 aromatic heterocycles. The number of fused-ring (bicyclic) bond motifs is 1. The van der Waals surface area contributed by atoms with Gasteiger partial charge in [-0.15, -0.1) is 0 Å². The van der Waals surface area contributed by atoms with Gasteiger partial charge in [-0.2, -0.15) is 0 Å². The highest BCUT2D eigenvalue weighted by atomic mass is 35.5. The lowest BCUT2D eigenvalue weighted by molar-refractivity contribution is -0.111. The number of hydrogen-bond acceptors (Lipinski definition) is 8. The van der Waals surface area contributed by atoms with E-state index in [1.165, 1.54) is 20.3 Å². The Balaban J connectivity index is 1.64. The van der Waals surface area contributed by atoms with Crippen LogP contribution in [0.2, 0.25) is 10.0 Å². The number of methoxy groups -OCH3 is 2. The average molecular weight is 629 g/mol. The molecule has 3 N–H and O–H groups in total. The molecule has 0 radical (unpaired) electrons. The molecule has 1 fully saturated rings. The summed E-state index contributed by atoms with van der Waals surface area (Å²) in [7, 11) is 2.93. The zero-order valence-corrected chi connectivity index (χ0v) is 25.0. The monoisotopic (exact) mass is 628 g/mol. The van der Waals surface area contributed by atoms with Gasteiger partial charge in [0, 0.05) is 42.1 Å². The molecule has 0 saturated heterocycles. The Morgan fingerprint density at radius 2 is 1.86 bits per heavy atom. The fourth-order valence-corrected chi connectivity index (χ4v) is 5.63. The number of nitrogens with zero attached hydrogens (tertiary/aromatic N) is 3. The van der Waals surface area contributed by atoms with Crippen LogP contribution in [0.25, 0.3) is 22.2 Å². The molecular formula is C30H28Cl2F2N6O3. The first-order chi connectivity index (χ1) is 20.5. The Kier molecular flexibility index (Phi) is 8.57. The summed E-state index contributed by atoms with van der Waals surface area (Å²) in [4.78, 5) is 26.0. The molecule has 9 nitrogen and oxygen atoms in total. The van der Waals surface area contributed by atoms with Gasteiger partial charge in [0.15, 0.2) is 5.82 Å². The van der Waals surface area contributed by atoms with Crippen molar-refractivity contribution in [1.82, 2.24) is 15.0 Å². The minimum atomic E-state index is -2.78. The number of hydrogen-bond donors (Lipinski definition) is 3. The van der Waals surface area contributed by atoms with Crippen LogP contribution in [0.5, 0.6) is 11.5 Å². The van der Waals surface area contributed by atoms with Gasteiger partial charge in [-0.3, -0.25) is 4.79 Å². The molecule has 2 heterocycles. The fourth-order valence-electron chi connectivity index (χ4n) is 4.94. The third kappa shape index (κ3) is 6.28. The highest BCUT2D eigenvalue weighted by molar-refractivity contribution is 6.41. The number of alkyl halides is 2. The van der Waals surface area contributed by atoms with Crippen molar-refractivity contribution in [2.24, 2.45) is 0 Å². The number of benzene rings is 2. The summed E-state index contributed by atoms with van der Waals surface area (Å²) < 4.78 is 39.1. The maximum Gasteiger partial charge on any atom is 0.250 e. The van der Waals surface area contributed by atoms with Gasteiger partial charge in [0.05, 0.1) is 41.3 Å². The van der Waals surface area contributed by atoms with Crippen LogP contribution in [-0.2, 0) is 4.79 Å². The van der Waals surface area contributed by atoms with Gasteiger partial charge in [-0.05, 0) is 37.1 Å². The number of para-hydroxylation sites is 1. The number of aromatic nitrogens is 3. The van der Waals surface area contributed by atoms with Crippen molar-refractivity contribution in [2.75, 3.05) is 30.2 Å². The van der Waals surface area contributed by atoms with Crippen molar-refractivity contribution in [2.45, 2.75) is 38.2 Å². The minimum absolute atomic E-state index is 0.198. The van der Waals surface area contributed by atoms with E-state index in [1.54, 1.807) is 30.5 Å². The van der Waals surface area contributed by atoms with Crippen molar-refractivity contribution in [3.63, 3.8) is 0 Å². The van der Waals surface area contributed by atoms with Crippen LogP contribution in [-0.4, -0.2) is 47.0 Å². The molecule has 43 heavy (non-hydrogen) atoms. The summed E-state index contributed by atoms with van der Waals surface area (Å²) in [5, 5.41) is 10.0. The normalized spacial score (nSPS) is 15.7. The van der Waals surface area contributed by atoms with E-state index in [1.807, 2.05) is 13.0 Å². The van der Waals surface area contributed by atoms with E-state index in [-0.39, 0.29) is 47.0 Å².